The molecule has 1 aliphatic heterocycles. The largest absolute Gasteiger partial charge is 0.352 e. The van der Waals surface area contributed by atoms with Crippen molar-refractivity contribution in [2.75, 3.05) is 31.1 Å². The van der Waals surface area contributed by atoms with Gasteiger partial charge in [0.1, 0.15) is 6.07 Å². The van der Waals surface area contributed by atoms with Crippen molar-refractivity contribution in [3.8, 4) is 6.07 Å². The molecule has 5 heteroatoms. The monoisotopic (exact) mass is 263 g/mol. The maximum atomic E-state index is 8.85. The van der Waals surface area contributed by atoms with Gasteiger partial charge in [-0.2, -0.15) is 5.26 Å². The maximum absolute atomic E-state index is 8.85. The molecule has 0 amide bonds. The Kier molecular flexibility index (Phi) is 10.4. The van der Waals surface area contributed by atoms with Crippen molar-refractivity contribution in [1.29, 1.82) is 5.26 Å². The minimum absolute atomic E-state index is 0.411. The molecule has 0 radical (unpaired) electrons. The van der Waals surface area contributed by atoms with Gasteiger partial charge in [0.15, 0.2) is 11.5 Å². The van der Waals surface area contributed by atoms with Crippen LogP contribution in [-0.4, -0.2) is 36.1 Å². The Morgan fingerprint density at radius 3 is 2.26 bits per heavy atom. The van der Waals surface area contributed by atoms with Crippen LogP contribution in [-0.2, 0) is 0 Å². The van der Waals surface area contributed by atoms with Crippen molar-refractivity contribution in [3.63, 3.8) is 0 Å². The molecule has 0 saturated carbocycles. The highest BCUT2D eigenvalue weighted by atomic mass is 15.2. The number of nitrogens with zero attached hydrogens (tertiary/aromatic N) is 4. The third kappa shape index (κ3) is 6.16. The van der Waals surface area contributed by atoms with E-state index in [0.29, 0.717) is 11.5 Å². The second kappa shape index (κ2) is 11.4. The van der Waals surface area contributed by atoms with Crippen LogP contribution in [0.5, 0.6) is 0 Å². The van der Waals surface area contributed by atoms with Gasteiger partial charge in [0.05, 0.1) is 0 Å². The zero-order valence-corrected chi connectivity index (χ0v) is 12.5. The van der Waals surface area contributed by atoms with Gasteiger partial charge < -0.3 is 10.2 Å². The summed E-state index contributed by atoms with van der Waals surface area (Å²) < 4.78 is 0. The predicted molar refractivity (Wildman–Crippen MR) is 79.1 cm³/mol. The van der Waals surface area contributed by atoms with Crippen LogP contribution in [0.15, 0.2) is 12.4 Å². The molecule has 1 fully saturated rings. The average Bonchev–Trinajstić information content (AvgIpc) is 2.51. The lowest BCUT2D eigenvalue weighted by molar-refractivity contribution is 0.583. The Labute approximate surface area is 116 Å². The van der Waals surface area contributed by atoms with Crippen molar-refractivity contribution in [1.82, 2.24) is 15.3 Å². The number of hydrogen-bond donors (Lipinski definition) is 1. The first-order valence-corrected chi connectivity index (χ1v) is 7.00. The third-order valence-electron chi connectivity index (χ3n) is 2.20. The van der Waals surface area contributed by atoms with Crippen molar-refractivity contribution in [2.24, 2.45) is 0 Å². The van der Waals surface area contributed by atoms with E-state index >= 15 is 0 Å². The summed E-state index contributed by atoms with van der Waals surface area (Å²) in [5.41, 5.74) is 0.411. The van der Waals surface area contributed by atoms with E-state index in [1.807, 2.05) is 13.8 Å². The van der Waals surface area contributed by atoms with Crippen molar-refractivity contribution < 1.29 is 0 Å². The Morgan fingerprint density at radius 2 is 1.74 bits per heavy atom. The lowest BCUT2D eigenvalue weighted by Crippen LogP contribution is -2.44. The van der Waals surface area contributed by atoms with Gasteiger partial charge in [-0.1, -0.05) is 34.1 Å². The molecule has 1 aromatic heterocycles. The fraction of sp³-hybridized carbons (Fsp3) is 0.643. The smallest absolute Gasteiger partial charge is 0.183 e. The quantitative estimate of drug-likeness (QED) is 0.841. The summed E-state index contributed by atoms with van der Waals surface area (Å²) in [4.78, 5) is 10.3. The van der Waals surface area contributed by atoms with E-state index in [0.717, 1.165) is 26.2 Å². The molecule has 2 heterocycles. The summed E-state index contributed by atoms with van der Waals surface area (Å²) >= 11 is 0. The van der Waals surface area contributed by atoms with E-state index in [9.17, 15) is 0 Å². The molecule has 0 aromatic carbocycles. The number of hydrogen-bond acceptors (Lipinski definition) is 5. The number of rotatable bonds is 1. The number of nitriles is 1. The molecule has 106 valence electrons. The summed E-state index contributed by atoms with van der Waals surface area (Å²) in [5, 5.41) is 12.1. The molecule has 1 aromatic rings. The summed E-state index contributed by atoms with van der Waals surface area (Å²) in [6, 6.07) is 2.06. The fourth-order valence-electron chi connectivity index (χ4n) is 1.52. The molecular weight excluding hydrogens is 238 g/mol. The van der Waals surface area contributed by atoms with Crippen LogP contribution >= 0.6 is 0 Å². The Hall–Kier alpha value is -1.67. The molecule has 0 aliphatic carbocycles. The summed E-state index contributed by atoms with van der Waals surface area (Å²) in [7, 11) is 0. The molecule has 0 atom stereocenters. The lowest BCUT2D eigenvalue weighted by Gasteiger charge is -2.28. The molecule has 19 heavy (non-hydrogen) atoms. The molecule has 0 spiro atoms. The van der Waals surface area contributed by atoms with Gasteiger partial charge in [0, 0.05) is 38.6 Å². The minimum Gasteiger partial charge on any atom is -0.352 e. The van der Waals surface area contributed by atoms with Crippen LogP contribution in [0.4, 0.5) is 5.82 Å². The zero-order chi connectivity index (χ0) is 14.5. The van der Waals surface area contributed by atoms with Gasteiger partial charge in [0.2, 0.25) is 0 Å². The maximum Gasteiger partial charge on any atom is 0.183 e. The molecular formula is C14H25N5. The molecule has 1 N–H and O–H groups in total. The number of anilines is 1. The molecule has 0 bridgehead atoms. The highest BCUT2D eigenvalue weighted by Gasteiger charge is 2.15. The number of piperazine rings is 1. The highest BCUT2D eigenvalue weighted by molar-refractivity contribution is 5.49. The predicted octanol–water partition coefficient (Wildman–Crippen LogP) is 2.20. The average molecular weight is 263 g/mol. The van der Waals surface area contributed by atoms with Crippen LogP contribution in [0.1, 0.15) is 39.8 Å². The molecule has 1 saturated heterocycles. The van der Waals surface area contributed by atoms with Gasteiger partial charge >= 0.3 is 0 Å². The Morgan fingerprint density at radius 1 is 1.21 bits per heavy atom. The van der Waals surface area contributed by atoms with E-state index in [4.69, 9.17) is 5.26 Å². The standard InChI is InChI=1S/C9H11N5.C3H8.C2H6/c10-7-8-9(13-2-1-12-8)14-5-3-11-4-6-14;1-3-2;1-2/h1-2,11H,3-6H2;3H2,1-2H3;1-2H3. The third-order valence-corrected chi connectivity index (χ3v) is 2.20. The molecule has 0 unspecified atom stereocenters. The van der Waals surface area contributed by atoms with E-state index in [2.05, 4.69) is 40.1 Å². The lowest BCUT2D eigenvalue weighted by atomic mass is 10.3. The second-order valence-corrected chi connectivity index (χ2v) is 3.78. The van der Waals surface area contributed by atoms with Crippen LogP contribution in [0.2, 0.25) is 0 Å². The van der Waals surface area contributed by atoms with Gasteiger partial charge in [-0.05, 0) is 0 Å². The Bertz CT molecular complexity index is 366. The van der Waals surface area contributed by atoms with Crippen LogP contribution in [0, 0.1) is 11.3 Å². The van der Waals surface area contributed by atoms with Crippen LogP contribution in [0.25, 0.3) is 0 Å². The fourth-order valence-corrected chi connectivity index (χ4v) is 1.52. The molecule has 1 aliphatic rings. The first kappa shape index (κ1) is 17.3. The van der Waals surface area contributed by atoms with Crippen LogP contribution in [0.3, 0.4) is 0 Å². The van der Waals surface area contributed by atoms with E-state index in [1.54, 1.807) is 12.4 Å². The topological polar surface area (TPSA) is 64.8 Å². The van der Waals surface area contributed by atoms with Crippen molar-refractivity contribution in [3.05, 3.63) is 18.1 Å². The van der Waals surface area contributed by atoms with Gasteiger partial charge in [-0.25, -0.2) is 9.97 Å². The van der Waals surface area contributed by atoms with E-state index < -0.39 is 0 Å². The summed E-state index contributed by atoms with van der Waals surface area (Å²) in [6.45, 7) is 11.9. The highest BCUT2D eigenvalue weighted by Crippen LogP contribution is 2.13. The molecule has 2 rings (SSSR count). The molecule has 5 nitrogen and oxygen atoms in total. The van der Waals surface area contributed by atoms with Crippen LogP contribution < -0.4 is 10.2 Å². The Balaban J connectivity index is 0.000000573. The summed E-state index contributed by atoms with van der Waals surface area (Å²) in [5.74, 6) is 0.705. The van der Waals surface area contributed by atoms with E-state index in [-0.39, 0.29) is 0 Å². The van der Waals surface area contributed by atoms with Gasteiger partial charge in [-0.15, -0.1) is 0 Å². The zero-order valence-electron chi connectivity index (χ0n) is 12.5. The first-order chi connectivity index (χ1) is 9.33. The normalized spacial score (nSPS) is 13.3. The second-order valence-electron chi connectivity index (χ2n) is 3.78. The minimum atomic E-state index is 0.411. The number of nitrogens with one attached hydrogen (secondary N) is 1. The van der Waals surface area contributed by atoms with Gasteiger partial charge in [-0.3, -0.25) is 0 Å². The first-order valence-electron chi connectivity index (χ1n) is 7.00. The van der Waals surface area contributed by atoms with Gasteiger partial charge in [0.25, 0.3) is 0 Å². The van der Waals surface area contributed by atoms with Crippen molar-refractivity contribution in [2.45, 2.75) is 34.1 Å². The summed E-state index contributed by atoms with van der Waals surface area (Å²) in [6.07, 6.45) is 4.42. The number of aromatic nitrogens is 2. The van der Waals surface area contributed by atoms with Crippen molar-refractivity contribution >= 4 is 5.82 Å². The SMILES string of the molecule is CC.CCC.N#Cc1nccnc1N1CCNCC1. The van der Waals surface area contributed by atoms with E-state index in [1.165, 1.54) is 6.42 Å².